The largest absolute Gasteiger partial charge is 0.464 e. The zero-order valence-corrected chi connectivity index (χ0v) is 25.4. The molecule has 2 atom stereocenters. The van der Waals surface area contributed by atoms with Gasteiger partial charge >= 0.3 is 11.9 Å². The van der Waals surface area contributed by atoms with Gasteiger partial charge in [0.1, 0.15) is 18.4 Å². The van der Waals surface area contributed by atoms with Gasteiger partial charge in [0, 0.05) is 19.3 Å². The standard InChI is InChI=1S/C33H53NO6/c1-5-7-16-23-39-33(38)30(24-26(3)4)34-31(36)22-15-14-21-29(35)20-13-9-12-19-28(6-2)32(37)40-25-27-17-10-8-11-18-27/h8,10-11,17-18,26,28,30H,5-7,9,12-16,19-25H2,1-4H3,(H,34,36). The van der Waals surface area contributed by atoms with E-state index in [1.165, 1.54) is 0 Å². The minimum absolute atomic E-state index is 0.103. The summed E-state index contributed by atoms with van der Waals surface area (Å²) in [6.07, 6.45) is 10.1. The highest BCUT2D eigenvalue weighted by molar-refractivity contribution is 5.84. The Labute approximate surface area is 242 Å². The molecule has 1 N–H and O–H groups in total. The average Bonchev–Trinajstić information content (AvgIpc) is 2.94. The number of hydrogen-bond donors (Lipinski definition) is 1. The van der Waals surface area contributed by atoms with Gasteiger partial charge in [-0.15, -0.1) is 0 Å². The zero-order valence-electron chi connectivity index (χ0n) is 25.4. The second-order valence-corrected chi connectivity index (χ2v) is 11.2. The van der Waals surface area contributed by atoms with Gasteiger partial charge in [-0.2, -0.15) is 0 Å². The van der Waals surface area contributed by atoms with Crippen LogP contribution in [0.4, 0.5) is 0 Å². The van der Waals surface area contributed by atoms with Gasteiger partial charge in [0.2, 0.25) is 5.91 Å². The van der Waals surface area contributed by atoms with Crippen LogP contribution in [-0.2, 0) is 35.3 Å². The highest BCUT2D eigenvalue weighted by Crippen LogP contribution is 2.18. The maximum Gasteiger partial charge on any atom is 0.328 e. The number of nitrogens with one attached hydrogen (secondary N) is 1. The topological polar surface area (TPSA) is 98.8 Å². The van der Waals surface area contributed by atoms with Gasteiger partial charge in [0.15, 0.2) is 0 Å². The number of unbranched alkanes of at least 4 members (excludes halogenated alkanes) is 5. The second-order valence-electron chi connectivity index (χ2n) is 11.2. The fourth-order valence-corrected chi connectivity index (χ4v) is 4.53. The van der Waals surface area contributed by atoms with Crippen LogP contribution in [-0.4, -0.2) is 36.3 Å². The Morgan fingerprint density at radius 3 is 2.10 bits per heavy atom. The number of rotatable bonds is 23. The first kappa shape index (κ1) is 35.3. The third kappa shape index (κ3) is 17.1. The summed E-state index contributed by atoms with van der Waals surface area (Å²) in [5, 5.41) is 2.83. The SMILES string of the molecule is CCCCCOC(=O)C(CC(C)C)NC(=O)CCCCC(=O)CCCCCC(CC)C(=O)OCc1ccccc1. The zero-order chi connectivity index (χ0) is 29.6. The number of hydrogen-bond acceptors (Lipinski definition) is 6. The lowest BCUT2D eigenvalue weighted by Crippen LogP contribution is -2.42. The van der Waals surface area contributed by atoms with E-state index in [0.29, 0.717) is 51.7 Å². The average molecular weight is 560 g/mol. The van der Waals surface area contributed by atoms with Crippen molar-refractivity contribution in [1.82, 2.24) is 5.32 Å². The molecule has 2 unspecified atom stereocenters. The fraction of sp³-hybridized carbons (Fsp3) is 0.697. The van der Waals surface area contributed by atoms with Crippen molar-refractivity contribution >= 4 is 23.6 Å². The molecule has 226 valence electrons. The van der Waals surface area contributed by atoms with Crippen molar-refractivity contribution in [1.29, 1.82) is 0 Å². The first-order valence-corrected chi connectivity index (χ1v) is 15.4. The minimum Gasteiger partial charge on any atom is -0.464 e. The molecule has 0 aromatic heterocycles. The van der Waals surface area contributed by atoms with Crippen LogP contribution < -0.4 is 5.32 Å². The molecule has 0 aliphatic carbocycles. The van der Waals surface area contributed by atoms with Crippen LogP contribution >= 0.6 is 0 Å². The van der Waals surface area contributed by atoms with Crippen LogP contribution in [0, 0.1) is 11.8 Å². The van der Waals surface area contributed by atoms with Gasteiger partial charge in [0.25, 0.3) is 0 Å². The molecule has 0 aliphatic heterocycles. The molecular formula is C33H53NO6. The number of benzene rings is 1. The maximum atomic E-state index is 12.4. The monoisotopic (exact) mass is 559 g/mol. The van der Waals surface area contributed by atoms with E-state index in [-0.39, 0.29) is 35.5 Å². The minimum atomic E-state index is -0.617. The van der Waals surface area contributed by atoms with E-state index in [0.717, 1.165) is 56.9 Å². The molecule has 0 aliphatic rings. The highest BCUT2D eigenvalue weighted by Gasteiger charge is 2.23. The number of ketones is 1. The summed E-state index contributed by atoms with van der Waals surface area (Å²) in [6.45, 7) is 8.81. The van der Waals surface area contributed by atoms with Crippen molar-refractivity contribution in [3.63, 3.8) is 0 Å². The molecule has 0 heterocycles. The molecule has 1 aromatic rings. The van der Waals surface area contributed by atoms with Crippen LogP contribution in [0.1, 0.15) is 123 Å². The Balaban J connectivity index is 2.18. The number of ether oxygens (including phenoxy) is 2. The third-order valence-corrected chi connectivity index (χ3v) is 6.99. The Kier molecular flexibility index (Phi) is 19.5. The number of carbonyl (C=O) groups excluding carboxylic acids is 4. The van der Waals surface area contributed by atoms with Gasteiger partial charge in [-0.1, -0.05) is 83.7 Å². The van der Waals surface area contributed by atoms with Crippen molar-refractivity contribution in [3.05, 3.63) is 35.9 Å². The van der Waals surface area contributed by atoms with Gasteiger partial charge in [-0.25, -0.2) is 4.79 Å². The molecule has 7 nitrogen and oxygen atoms in total. The summed E-state index contributed by atoms with van der Waals surface area (Å²) >= 11 is 0. The third-order valence-electron chi connectivity index (χ3n) is 6.99. The molecule has 0 saturated carbocycles. The first-order chi connectivity index (χ1) is 19.3. The van der Waals surface area contributed by atoms with Gasteiger partial charge in [-0.3, -0.25) is 14.4 Å². The fourth-order valence-electron chi connectivity index (χ4n) is 4.53. The predicted octanol–water partition coefficient (Wildman–Crippen LogP) is 7.10. The van der Waals surface area contributed by atoms with Crippen molar-refractivity contribution in [2.45, 2.75) is 130 Å². The van der Waals surface area contributed by atoms with Crippen molar-refractivity contribution < 1.29 is 28.7 Å². The molecule has 40 heavy (non-hydrogen) atoms. The second kappa shape index (κ2) is 22.0. The van der Waals surface area contributed by atoms with Crippen LogP contribution in [0.5, 0.6) is 0 Å². The van der Waals surface area contributed by atoms with Gasteiger partial charge < -0.3 is 14.8 Å². The van der Waals surface area contributed by atoms with E-state index >= 15 is 0 Å². The van der Waals surface area contributed by atoms with E-state index in [4.69, 9.17) is 9.47 Å². The summed E-state index contributed by atoms with van der Waals surface area (Å²) < 4.78 is 10.8. The molecule has 1 rings (SSSR count). The predicted molar refractivity (Wildman–Crippen MR) is 158 cm³/mol. The number of esters is 2. The lowest BCUT2D eigenvalue weighted by Gasteiger charge is -2.19. The van der Waals surface area contributed by atoms with Crippen LogP contribution in [0.25, 0.3) is 0 Å². The molecule has 0 bridgehead atoms. The normalized spacial score (nSPS) is 12.5. The maximum absolute atomic E-state index is 12.4. The molecule has 1 amide bonds. The summed E-state index contributed by atoms with van der Waals surface area (Å²) in [5.74, 6) is -0.311. The smallest absolute Gasteiger partial charge is 0.328 e. The number of Topliss-reactive ketones (excluding diaryl/α,β-unsaturated/α-hetero) is 1. The van der Waals surface area contributed by atoms with Crippen LogP contribution in [0.15, 0.2) is 30.3 Å². The molecule has 0 saturated heterocycles. The summed E-state index contributed by atoms with van der Waals surface area (Å²) in [5.41, 5.74) is 0.984. The van der Waals surface area contributed by atoms with Gasteiger partial charge in [0.05, 0.1) is 12.5 Å². The molecular weight excluding hydrogens is 506 g/mol. The Hall–Kier alpha value is -2.70. The van der Waals surface area contributed by atoms with E-state index < -0.39 is 6.04 Å². The molecule has 0 spiro atoms. The van der Waals surface area contributed by atoms with E-state index in [9.17, 15) is 19.2 Å². The van der Waals surface area contributed by atoms with Crippen molar-refractivity contribution in [3.8, 4) is 0 Å². The van der Waals surface area contributed by atoms with E-state index in [1.54, 1.807) is 0 Å². The van der Waals surface area contributed by atoms with E-state index in [2.05, 4.69) is 12.2 Å². The summed E-state index contributed by atoms with van der Waals surface area (Å²) in [6, 6.07) is 9.06. The van der Waals surface area contributed by atoms with E-state index in [1.807, 2.05) is 51.1 Å². The molecule has 1 aromatic carbocycles. The molecule has 0 radical (unpaired) electrons. The first-order valence-electron chi connectivity index (χ1n) is 15.4. The lowest BCUT2D eigenvalue weighted by molar-refractivity contribution is -0.150. The Morgan fingerprint density at radius 2 is 1.45 bits per heavy atom. The summed E-state index contributed by atoms with van der Waals surface area (Å²) in [7, 11) is 0. The molecule has 0 fully saturated rings. The number of carbonyl (C=O) groups is 4. The van der Waals surface area contributed by atoms with Crippen LogP contribution in [0.2, 0.25) is 0 Å². The number of amides is 1. The lowest BCUT2D eigenvalue weighted by atomic mass is 9.97. The van der Waals surface area contributed by atoms with Crippen molar-refractivity contribution in [2.24, 2.45) is 11.8 Å². The van der Waals surface area contributed by atoms with Crippen LogP contribution in [0.3, 0.4) is 0 Å². The Bertz CT molecular complexity index is 854. The highest BCUT2D eigenvalue weighted by atomic mass is 16.5. The molecule has 7 heteroatoms. The Morgan fingerprint density at radius 1 is 0.775 bits per heavy atom. The quantitative estimate of drug-likeness (QED) is 0.113. The van der Waals surface area contributed by atoms with Gasteiger partial charge in [-0.05, 0) is 56.4 Å². The van der Waals surface area contributed by atoms with Crippen molar-refractivity contribution in [2.75, 3.05) is 6.61 Å². The summed E-state index contributed by atoms with van der Waals surface area (Å²) in [4.78, 5) is 49.5.